The fourth-order valence-corrected chi connectivity index (χ4v) is 3.09. The van der Waals surface area contributed by atoms with Crippen molar-refractivity contribution in [1.82, 2.24) is 5.32 Å². The maximum Gasteiger partial charge on any atom is 0.251 e. The summed E-state index contributed by atoms with van der Waals surface area (Å²) in [5.41, 5.74) is 2.71. The van der Waals surface area contributed by atoms with Crippen molar-refractivity contribution in [3.8, 4) is 0 Å². The molecule has 144 valence electrons. The molecule has 1 aliphatic rings. The molecular weight excluding hydrogens is 324 g/mol. The molecule has 4 nitrogen and oxygen atoms in total. The molecule has 0 aromatic heterocycles. The van der Waals surface area contributed by atoms with Gasteiger partial charge in [-0.2, -0.15) is 0 Å². The van der Waals surface area contributed by atoms with Gasteiger partial charge in [-0.25, -0.2) is 0 Å². The molecule has 0 bridgehead atoms. The summed E-state index contributed by atoms with van der Waals surface area (Å²) in [6, 6.07) is 5.80. The third-order valence-electron chi connectivity index (χ3n) is 5.44. The van der Waals surface area contributed by atoms with E-state index in [1.54, 1.807) is 0 Å². The van der Waals surface area contributed by atoms with E-state index in [0.717, 1.165) is 43.0 Å². The summed E-state index contributed by atoms with van der Waals surface area (Å²) in [5.74, 6) is 1.12. The molecule has 0 radical (unpaired) electrons. The number of benzene rings is 1. The normalized spacial score (nSPS) is 16.0. The molecule has 1 aromatic rings. The molecule has 4 heteroatoms. The Labute approximate surface area is 158 Å². The average molecular weight is 359 g/mol. The second-order valence-electron chi connectivity index (χ2n) is 7.81. The van der Waals surface area contributed by atoms with Crippen molar-refractivity contribution in [3.05, 3.63) is 29.3 Å². The Morgan fingerprint density at radius 3 is 2.58 bits per heavy atom. The molecule has 1 fully saturated rings. The van der Waals surface area contributed by atoms with Crippen LogP contribution in [0.25, 0.3) is 0 Å². The van der Waals surface area contributed by atoms with Crippen molar-refractivity contribution in [1.29, 1.82) is 0 Å². The molecule has 2 N–H and O–H groups in total. The lowest BCUT2D eigenvalue weighted by atomic mass is 9.94. The first-order valence-electron chi connectivity index (χ1n) is 10.1. The molecule has 0 heterocycles. The van der Waals surface area contributed by atoms with Crippen LogP contribution in [0.15, 0.2) is 18.2 Å². The monoisotopic (exact) mass is 358 g/mol. The predicted molar refractivity (Wildman–Crippen MR) is 108 cm³/mol. The Balaban J connectivity index is 1.88. The van der Waals surface area contributed by atoms with Crippen LogP contribution in [0.3, 0.4) is 0 Å². The third-order valence-corrected chi connectivity index (χ3v) is 5.44. The van der Waals surface area contributed by atoms with E-state index in [9.17, 15) is 9.59 Å². The minimum absolute atomic E-state index is 0.00328. The van der Waals surface area contributed by atoms with E-state index in [2.05, 4.69) is 17.6 Å². The smallest absolute Gasteiger partial charge is 0.251 e. The van der Waals surface area contributed by atoms with Gasteiger partial charge in [0.05, 0.1) is 0 Å². The van der Waals surface area contributed by atoms with Gasteiger partial charge in [0.1, 0.15) is 5.78 Å². The summed E-state index contributed by atoms with van der Waals surface area (Å²) in [5, 5.41) is 6.45. The van der Waals surface area contributed by atoms with Crippen molar-refractivity contribution < 1.29 is 9.59 Å². The van der Waals surface area contributed by atoms with Gasteiger partial charge in [0, 0.05) is 36.2 Å². The molecule has 0 saturated heterocycles. The summed E-state index contributed by atoms with van der Waals surface area (Å²) in [4.78, 5) is 24.5. The van der Waals surface area contributed by atoms with E-state index < -0.39 is 0 Å². The van der Waals surface area contributed by atoms with E-state index in [1.165, 1.54) is 12.8 Å². The van der Waals surface area contributed by atoms with Crippen LogP contribution in [0.1, 0.15) is 75.2 Å². The highest BCUT2D eigenvalue weighted by atomic mass is 16.1. The highest BCUT2D eigenvalue weighted by molar-refractivity contribution is 5.94. The largest absolute Gasteiger partial charge is 0.382 e. The minimum Gasteiger partial charge on any atom is -0.382 e. The first-order valence-corrected chi connectivity index (χ1v) is 10.1. The molecule has 1 amide bonds. The number of unbranched alkanes of at least 4 members (excludes halogenated alkanes) is 1. The van der Waals surface area contributed by atoms with Gasteiger partial charge < -0.3 is 10.6 Å². The van der Waals surface area contributed by atoms with Crippen LogP contribution in [0.5, 0.6) is 0 Å². The second kappa shape index (κ2) is 9.75. The number of carbonyl (C=O) groups is 2. The van der Waals surface area contributed by atoms with Crippen molar-refractivity contribution in [2.45, 2.75) is 72.3 Å². The molecule has 1 aliphatic carbocycles. The number of Topliss-reactive ketones (excluding diaryl/α,β-unsaturated/α-hetero) is 1. The Kier molecular flexibility index (Phi) is 7.67. The fraction of sp³-hybridized carbons (Fsp3) is 0.636. The molecular formula is C22H34N2O2. The van der Waals surface area contributed by atoms with E-state index >= 15 is 0 Å². The summed E-state index contributed by atoms with van der Waals surface area (Å²) in [7, 11) is 0. The van der Waals surface area contributed by atoms with Crippen LogP contribution in [0.4, 0.5) is 5.69 Å². The van der Waals surface area contributed by atoms with Crippen molar-refractivity contribution in [2.24, 2.45) is 11.8 Å². The van der Waals surface area contributed by atoms with Gasteiger partial charge in [-0.05, 0) is 56.4 Å². The number of ketones is 1. The Hall–Kier alpha value is -1.84. The lowest BCUT2D eigenvalue weighted by Gasteiger charge is -2.23. The standard InChI is InChI=1S/C22H34N2O2/c1-5-6-7-21(25)16(3)17(4)24-20-11-10-19(14-15(20)2)22(26)23-13-12-18-8-9-18/h10-11,14,16-18,24H,5-9,12-13H2,1-4H3,(H,23,26)/t16-,17+/m0/s1. The quantitative estimate of drug-likeness (QED) is 0.602. The van der Waals surface area contributed by atoms with Crippen LogP contribution in [0, 0.1) is 18.8 Å². The number of amides is 1. The fourth-order valence-electron chi connectivity index (χ4n) is 3.09. The zero-order valence-corrected chi connectivity index (χ0v) is 16.7. The van der Waals surface area contributed by atoms with E-state index in [4.69, 9.17) is 0 Å². The number of carbonyl (C=O) groups excluding carboxylic acids is 2. The molecule has 0 spiro atoms. The van der Waals surface area contributed by atoms with Gasteiger partial charge in [0.25, 0.3) is 5.91 Å². The van der Waals surface area contributed by atoms with Crippen molar-refractivity contribution >= 4 is 17.4 Å². The Morgan fingerprint density at radius 2 is 1.96 bits per heavy atom. The maximum absolute atomic E-state index is 12.3. The Morgan fingerprint density at radius 1 is 1.23 bits per heavy atom. The van der Waals surface area contributed by atoms with Crippen LogP contribution in [-0.4, -0.2) is 24.3 Å². The number of rotatable bonds is 11. The van der Waals surface area contributed by atoms with Gasteiger partial charge in [0.15, 0.2) is 0 Å². The summed E-state index contributed by atoms with van der Waals surface area (Å²) in [6.07, 6.45) is 6.37. The van der Waals surface area contributed by atoms with E-state index in [1.807, 2.05) is 39.0 Å². The SMILES string of the molecule is CCCCC(=O)[C@@H](C)[C@@H](C)Nc1ccc(C(=O)NCCC2CC2)cc1C. The van der Waals surface area contributed by atoms with Gasteiger partial charge in [-0.15, -0.1) is 0 Å². The lowest BCUT2D eigenvalue weighted by Crippen LogP contribution is -2.30. The van der Waals surface area contributed by atoms with Crippen LogP contribution >= 0.6 is 0 Å². The zero-order chi connectivity index (χ0) is 19.1. The number of anilines is 1. The Bertz CT molecular complexity index is 623. The molecule has 0 aliphatic heterocycles. The van der Waals surface area contributed by atoms with Gasteiger partial charge in [0.2, 0.25) is 0 Å². The lowest BCUT2D eigenvalue weighted by molar-refractivity contribution is -0.122. The predicted octanol–water partition coefficient (Wildman–Crippen LogP) is 4.72. The number of nitrogens with one attached hydrogen (secondary N) is 2. The van der Waals surface area contributed by atoms with Gasteiger partial charge in [-0.1, -0.05) is 33.1 Å². The topological polar surface area (TPSA) is 58.2 Å². The maximum atomic E-state index is 12.3. The van der Waals surface area contributed by atoms with Crippen LogP contribution in [-0.2, 0) is 4.79 Å². The van der Waals surface area contributed by atoms with E-state index in [0.29, 0.717) is 17.8 Å². The van der Waals surface area contributed by atoms with Crippen LogP contribution in [0.2, 0.25) is 0 Å². The summed E-state index contributed by atoms with van der Waals surface area (Å²) < 4.78 is 0. The average Bonchev–Trinajstić information content (AvgIpc) is 3.44. The van der Waals surface area contributed by atoms with E-state index in [-0.39, 0.29) is 17.9 Å². The third kappa shape index (κ3) is 6.15. The van der Waals surface area contributed by atoms with Crippen molar-refractivity contribution in [3.63, 3.8) is 0 Å². The molecule has 1 saturated carbocycles. The highest BCUT2D eigenvalue weighted by Gasteiger charge is 2.21. The summed E-state index contributed by atoms with van der Waals surface area (Å²) in [6.45, 7) is 8.91. The first kappa shape index (κ1) is 20.5. The number of hydrogen-bond donors (Lipinski definition) is 2. The number of aryl methyl sites for hydroxylation is 1. The molecule has 0 unspecified atom stereocenters. The van der Waals surface area contributed by atoms with Crippen LogP contribution < -0.4 is 10.6 Å². The van der Waals surface area contributed by atoms with Crippen molar-refractivity contribution in [2.75, 3.05) is 11.9 Å². The van der Waals surface area contributed by atoms with Gasteiger partial charge >= 0.3 is 0 Å². The second-order valence-corrected chi connectivity index (χ2v) is 7.81. The minimum atomic E-state index is -0.0219. The van der Waals surface area contributed by atoms with Gasteiger partial charge in [-0.3, -0.25) is 9.59 Å². The zero-order valence-electron chi connectivity index (χ0n) is 16.7. The molecule has 2 atom stereocenters. The molecule has 2 rings (SSSR count). The molecule has 26 heavy (non-hydrogen) atoms. The first-order chi connectivity index (χ1) is 12.4. The highest BCUT2D eigenvalue weighted by Crippen LogP contribution is 2.31. The number of hydrogen-bond acceptors (Lipinski definition) is 3. The molecule has 1 aromatic carbocycles. The summed E-state index contributed by atoms with van der Waals surface area (Å²) >= 11 is 0.